The summed E-state index contributed by atoms with van der Waals surface area (Å²) < 4.78 is 1.62. The SMILES string of the molecule is CN(c1cnc2c(-c3ccc4nn(C)c(Cl)c4c3Cl)c[nH]c2n1)[C@@H]1CCC[C@H](N)C1. The third-order valence-corrected chi connectivity index (χ3v) is 6.95. The van der Waals surface area contributed by atoms with Crippen molar-refractivity contribution in [2.45, 2.75) is 37.8 Å². The predicted octanol–water partition coefficient (Wildman–Crippen LogP) is 4.52. The van der Waals surface area contributed by atoms with Crippen molar-refractivity contribution in [2.75, 3.05) is 11.9 Å². The molecule has 1 saturated carbocycles. The molecule has 0 amide bonds. The third kappa shape index (κ3) is 3.12. The molecule has 2 atom stereocenters. The molecule has 1 aliphatic rings. The molecule has 0 saturated heterocycles. The van der Waals surface area contributed by atoms with Gasteiger partial charge in [0.15, 0.2) is 5.65 Å². The van der Waals surface area contributed by atoms with Crippen LogP contribution in [0.4, 0.5) is 5.82 Å². The number of hydrogen-bond donors (Lipinski definition) is 2. The van der Waals surface area contributed by atoms with Crippen LogP contribution in [0.25, 0.3) is 33.2 Å². The maximum Gasteiger partial charge on any atom is 0.159 e. The summed E-state index contributed by atoms with van der Waals surface area (Å²) in [5.41, 5.74) is 10.2. The Labute approximate surface area is 184 Å². The first-order valence-corrected chi connectivity index (χ1v) is 10.8. The Hall–Kier alpha value is -2.35. The fourth-order valence-corrected chi connectivity index (χ4v) is 5.05. The Balaban J connectivity index is 1.54. The highest BCUT2D eigenvalue weighted by atomic mass is 35.5. The van der Waals surface area contributed by atoms with Crippen molar-refractivity contribution >= 4 is 51.1 Å². The predicted molar refractivity (Wildman–Crippen MR) is 122 cm³/mol. The van der Waals surface area contributed by atoms with E-state index in [-0.39, 0.29) is 6.04 Å². The number of halogens is 2. The highest BCUT2D eigenvalue weighted by Gasteiger charge is 2.24. The molecule has 156 valence electrons. The average Bonchev–Trinajstić information content (AvgIpc) is 3.28. The first kappa shape index (κ1) is 19.6. The van der Waals surface area contributed by atoms with Crippen LogP contribution >= 0.6 is 23.2 Å². The highest BCUT2D eigenvalue weighted by Crippen LogP contribution is 2.39. The van der Waals surface area contributed by atoms with Crippen molar-refractivity contribution in [3.63, 3.8) is 0 Å². The van der Waals surface area contributed by atoms with Gasteiger partial charge in [0.1, 0.15) is 16.5 Å². The molecule has 0 unspecified atom stereocenters. The topological polar surface area (TPSA) is 88.7 Å². The molecule has 1 aromatic carbocycles. The zero-order valence-corrected chi connectivity index (χ0v) is 18.4. The van der Waals surface area contributed by atoms with Crippen molar-refractivity contribution in [3.8, 4) is 11.1 Å². The van der Waals surface area contributed by atoms with Crippen LogP contribution in [0.5, 0.6) is 0 Å². The van der Waals surface area contributed by atoms with Gasteiger partial charge in [0.25, 0.3) is 0 Å². The highest BCUT2D eigenvalue weighted by molar-refractivity contribution is 6.43. The summed E-state index contributed by atoms with van der Waals surface area (Å²) in [6.07, 6.45) is 8.07. The van der Waals surface area contributed by atoms with E-state index in [1.165, 1.54) is 0 Å². The number of nitrogens with one attached hydrogen (secondary N) is 1. The van der Waals surface area contributed by atoms with Crippen LogP contribution in [0.2, 0.25) is 10.2 Å². The van der Waals surface area contributed by atoms with Gasteiger partial charge in [-0.1, -0.05) is 29.3 Å². The zero-order valence-electron chi connectivity index (χ0n) is 16.9. The van der Waals surface area contributed by atoms with Crippen molar-refractivity contribution in [2.24, 2.45) is 12.8 Å². The summed E-state index contributed by atoms with van der Waals surface area (Å²) in [7, 11) is 3.87. The molecule has 30 heavy (non-hydrogen) atoms. The summed E-state index contributed by atoms with van der Waals surface area (Å²) in [6, 6.07) is 4.51. The minimum absolute atomic E-state index is 0.260. The molecular formula is C21H23Cl2N7. The lowest BCUT2D eigenvalue weighted by molar-refractivity contribution is 0.381. The first-order chi connectivity index (χ1) is 14.4. The molecule has 0 spiro atoms. The summed E-state index contributed by atoms with van der Waals surface area (Å²) in [6.45, 7) is 0. The number of aromatic amines is 1. The summed E-state index contributed by atoms with van der Waals surface area (Å²) in [5.74, 6) is 0.840. The van der Waals surface area contributed by atoms with Crippen LogP contribution < -0.4 is 10.6 Å². The van der Waals surface area contributed by atoms with Gasteiger partial charge in [0.05, 0.1) is 22.1 Å². The van der Waals surface area contributed by atoms with Gasteiger partial charge in [0, 0.05) is 43.5 Å². The van der Waals surface area contributed by atoms with Gasteiger partial charge < -0.3 is 15.6 Å². The van der Waals surface area contributed by atoms with Crippen LogP contribution in [-0.2, 0) is 7.05 Å². The van der Waals surface area contributed by atoms with Crippen LogP contribution in [0.1, 0.15) is 25.7 Å². The summed E-state index contributed by atoms with van der Waals surface area (Å²) in [5, 5.41) is 6.20. The molecule has 1 fully saturated rings. The fraction of sp³-hybridized carbons (Fsp3) is 0.381. The van der Waals surface area contributed by atoms with Gasteiger partial charge in [-0.15, -0.1) is 0 Å². The lowest BCUT2D eigenvalue weighted by Gasteiger charge is -2.34. The van der Waals surface area contributed by atoms with E-state index in [1.54, 1.807) is 11.7 Å². The molecule has 1 aliphatic carbocycles. The number of benzene rings is 1. The van der Waals surface area contributed by atoms with E-state index >= 15 is 0 Å². The summed E-state index contributed by atoms with van der Waals surface area (Å²) in [4.78, 5) is 15.0. The number of nitrogens with two attached hydrogens (primary N) is 1. The molecule has 3 aromatic heterocycles. The van der Waals surface area contributed by atoms with Crippen LogP contribution in [0, 0.1) is 0 Å². The monoisotopic (exact) mass is 443 g/mol. The Morgan fingerprint density at radius 1 is 1.23 bits per heavy atom. The number of fused-ring (bicyclic) bond motifs is 2. The minimum Gasteiger partial charge on any atom is -0.355 e. The first-order valence-electron chi connectivity index (χ1n) is 10.1. The average molecular weight is 444 g/mol. The van der Waals surface area contributed by atoms with Gasteiger partial charge in [-0.05, 0) is 31.7 Å². The third-order valence-electron chi connectivity index (χ3n) is 6.12. The molecule has 0 radical (unpaired) electrons. The van der Waals surface area contributed by atoms with Crippen molar-refractivity contribution in [1.82, 2.24) is 24.7 Å². The molecule has 5 rings (SSSR count). The van der Waals surface area contributed by atoms with E-state index in [4.69, 9.17) is 38.9 Å². The molecule has 3 N–H and O–H groups in total. The second kappa shape index (κ2) is 7.41. The number of anilines is 1. The van der Waals surface area contributed by atoms with Crippen LogP contribution in [0.3, 0.4) is 0 Å². The molecule has 0 bridgehead atoms. The van der Waals surface area contributed by atoms with E-state index in [2.05, 4.69) is 22.0 Å². The van der Waals surface area contributed by atoms with Crippen molar-refractivity contribution < 1.29 is 0 Å². The van der Waals surface area contributed by atoms with Crippen LogP contribution in [0.15, 0.2) is 24.5 Å². The van der Waals surface area contributed by atoms with E-state index in [9.17, 15) is 0 Å². The summed E-state index contributed by atoms with van der Waals surface area (Å²) >= 11 is 13.1. The Kier molecular flexibility index (Phi) is 4.84. The van der Waals surface area contributed by atoms with Crippen molar-refractivity contribution in [1.29, 1.82) is 0 Å². The maximum absolute atomic E-state index is 6.73. The number of nitrogens with zero attached hydrogens (tertiary/aromatic N) is 5. The largest absolute Gasteiger partial charge is 0.355 e. The second-order valence-electron chi connectivity index (χ2n) is 8.05. The molecule has 0 aliphatic heterocycles. The Bertz CT molecular complexity index is 1250. The molecule has 3 heterocycles. The van der Waals surface area contributed by atoms with E-state index in [1.807, 2.05) is 24.5 Å². The smallest absolute Gasteiger partial charge is 0.159 e. The van der Waals surface area contributed by atoms with Gasteiger partial charge in [-0.2, -0.15) is 5.10 Å². The Morgan fingerprint density at radius 2 is 2.07 bits per heavy atom. The van der Waals surface area contributed by atoms with Gasteiger partial charge in [-0.25, -0.2) is 9.97 Å². The van der Waals surface area contributed by atoms with Crippen molar-refractivity contribution in [3.05, 3.63) is 34.7 Å². The number of aryl methyl sites for hydroxylation is 1. The van der Waals surface area contributed by atoms with Crippen LogP contribution in [-0.4, -0.2) is 43.9 Å². The maximum atomic E-state index is 6.73. The quantitative estimate of drug-likeness (QED) is 0.485. The standard InChI is InChI=1S/C21H23Cl2N7/c1-29(12-5-3-4-11(24)8-12)16-10-25-19-14(9-26-21(19)27-16)13-6-7-15-17(18(13)22)20(23)30(2)28-15/h6-7,9-12H,3-5,8,24H2,1-2H3,(H,26,27)/t11-,12+/m0/s1. The number of hydrogen-bond acceptors (Lipinski definition) is 5. The second-order valence-corrected chi connectivity index (χ2v) is 8.79. The van der Waals surface area contributed by atoms with E-state index < -0.39 is 0 Å². The number of H-pyrrole nitrogens is 1. The van der Waals surface area contributed by atoms with Gasteiger partial charge >= 0.3 is 0 Å². The molecular weight excluding hydrogens is 421 g/mol. The number of aromatic nitrogens is 5. The lowest BCUT2D eigenvalue weighted by atomic mass is 9.91. The van der Waals surface area contributed by atoms with Gasteiger partial charge in [-0.3, -0.25) is 4.68 Å². The Morgan fingerprint density at radius 3 is 2.87 bits per heavy atom. The fourth-order valence-electron chi connectivity index (χ4n) is 4.42. The number of rotatable bonds is 3. The molecule has 7 nitrogen and oxygen atoms in total. The molecule has 9 heteroatoms. The normalized spacial score (nSPS) is 19.6. The molecule has 4 aromatic rings. The van der Waals surface area contributed by atoms with Gasteiger partial charge in [0.2, 0.25) is 0 Å². The van der Waals surface area contributed by atoms with E-state index in [0.29, 0.717) is 16.2 Å². The zero-order chi connectivity index (χ0) is 21.0. The minimum atomic E-state index is 0.260. The lowest BCUT2D eigenvalue weighted by Crippen LogP contribution is -2.41. The van der Waals surface area contributed by atoms with E-state index in [0.717, 1.165) is 64.7 Å².